The predicted molar refractivity (Wildman–Crippen MR) is 93.6 cm³/mol. The summed E-state index contributed by atoms with van der Waals surface area (Å²) in [6.45, 7) is 1.85. The average Bonchev–Trinajstić information content (AvgIpc) is 3.27. The van der Waals surface area contributed by atoms with Crippen LogP contribution in [0.1, 0.15) is 15.4 Å². The van der Waals surface area contributed by atoms with E-state index in [1.807, 2.05) is 48.0 Å². The van der Waals surface area contributed by atoms with Gasteiger partial charge in [0.05, 0.1) is 16.7 Å². The Bertz CT molecular complexity index is 985. The van der Waals surface area contributed by atoms with Crippen molar-refractivity contribution in [3.63, 3.8) is 0 Å². The van der Waals surface area contributed by atoms with Gasteiger partial charge in [-0.15, -0.1) is 11.3 Å². The third kappa shape index (κ3) is 2.54. The lowest BCUT2D eigenvalue weighted by atomic mass is 10.3. The van der Waals surface area contributed by atoms with Crippen molar-refractivity contribution in [1.82, 2.24) is 14.6 Å². The second-order valence-corrected chi connectivity index (χ2v) is 6.77. The fourth-order valence-corrected chi connectivity index (χ4v) is 3.99. The highest BCUT2D eigenvalue weighted by Gasteiger charge is 2.17. The second-order valence-electron chi connectivity index (χ2n) is 4.99. The van der Waals surface area contributed by atoms with Gasteiger partial charge in [0, 0.05) is 10.9 Å². The number of para-hydroxylation sites is 2. The normalized spacial score (nSPS) is 11.0. The number of aromatic nitrogens is 3. The maximum Gasteiger partial charge on any atom is 0.282 e. The van der Waals surface area contributed by atoms with Crippen LogP contribution in [0.4, 0.5) is 0 Å². The smallest absolute Gasteiger partial charge is 0.266 e. The quantitative estimate of drug-likeness (QED) is 0.615. The van der Waals surface area contributed by atoms with E-state index in [0.717, 1.165) is 27.3 Å². The van der Waals surface area contributed by atoms with Gasteiger partial charge in [-0.1, -0.05) is 12.1 Å². The van der Waals surface area contributed by atoms with Crippen LogP contribution in [0.25, 0.3) is 21.6 Å². The molecule has 4 aromatic rings. The second kappa shape index (κ2) is 5.60. The van der Waals surface area contributed by atoms with E-state index in [-0.39, 0.29) is 5.91 Å². The molecule has 0 spiro atoms. The number of carbonyl (C=O) groups excluding carboxylic acids is 1. The third-order valence-corrected chi connectivity index (χ3v) is 5.34. The first kappa shape index (κ1) is 14.1. The van der Waals surface area contributed by atoms with Crippen molar-refractivity contribution in [2.24, 2.45) is 0 Å². The number of benzene rings is 1. The molecule has 7 heteroatoms. The van der Waals surface area contributed by atoms with E-state index in [2.05, 4.69) is 15.4 Å². The van der Waals surface area contributed by atoms with Crippen LogP contribution in [0, 0.1) is 6.92 Å². The van der Waals surface area contributed by atoms with Gasteiger partial charge in [0.2, 0.25) is 0 Å². The van der Waals surface area contributed by atoms with Crippen molar-refractivity contribution in [3.8, 4) is 10.6 Å². The van der Waals surface area contributed by atoms with Crippen LogP contribution in [0.2, 0.25) is 0 Å². The molecule has 5 nitrogen and oxygen atoms in total. The molecule has 4 rings (SSSR count). The summed E-state index contributed by atoms with van der Waals surface area (Å²) >= 11 is 3.02. The van der Waals surface area contributed by atoms with Crippen LogP contribution in [0.15, 0.2) is 47.4 Å². The van der Waals surface area contributed by atoms with Gasteiger partial charge >= 0.3 is 0 Å². The van der Waals surface area contributed by atoms with Gasteiger partial charge in [0.1, 0.15) is 16.2 Å². The predicted octanol–water partition coefficient (Wildman–Crippen LogP) is 3.91. The molecule has 1 amide bonds. The molecule has 0 fully saturated rings. The standard InChI is InChI=1S/C16H12N4OS2/c1-10-14(23-16(18-10)11-6-7-22-8-11)15(21)19-20-9-17-12-4-2-3-5-13(12)20/h2-9H,1H3,(H,19,21). The minimum atomic E-state index is -0.176. The van der Waals surface area contributed by atoms with E-state index >= 15 is 0 Å². The minimum absolute atomic E-state index is 0.176. The van der Waals surface area contributed by atoms with Crippen molar-refractivity contribution in [3.05, 3.63) is 58.0 Å². The number of hydrogen-bond acceptors (Lipinski definition) is 5. The number of thiophene rings is 1. The molecule has 0 radical (unpaired) electrons. The number of thiazole rings is 1. The number of nitrogens with zero attached hydrogens (tertiary/aromatic N) is 3. The Labute approximate surface area is 140 Å². The highest BCUT2D eigenvalue weighted by molar-refractivity contribution is 7.17. The van der Waals surface area contributed by atoms with Crippen LogP contribution in [0.5, 0.6) is 0 Å². The highest BCUT2D eigenvalue weighted by Crippen LogP contribution is 2.29. The molecule has 3 aromatic heterocycles. The molecule has 1 N–H and O–H groups in total. The fraction of sp³-hybridized carbons (Fsp3) is 0.0625. The third-order valence-electron chi connectivity index (χ3n) is 3.45. The van der Waals surface area contributed by atoms with Crippen LogP contribution >= 0.6 is 22.7 Å². The Kier molecular flexibility index (Phi) is 3.44. The van der Waals surface area contributed by atoms with Crippen molar-refractivity contribution in [2.45, 2.75) is 6.92 Å². The molecule has 1 aromatic carbocycles. The van der Waals surface area contributed by atoms with Gasteiger partial charge < -0.3 is 0 Å². The molecule has 23 heavy (non-hydrogen) atoms. The first-order chi connectivity index (χ1) is 11.2. The van der Waals surface area contributed by atoms with E-state index in [1.54, 1.807) is 22.3 Å². The van der Waals surface area contributed by atoms with Gasteiger partial charge in [0.15, 0.2) is 0 Å². The molecular weight excluding hydrogens is 328 g/mol. The van der Waals surface area contributed by atoms with E-state index in [1.165, 1.54) is 11.3 Å². The van der Waals surface area contributed by atoms with Gasteiger partial charge in [0.25, 0.3) is 5.91 Å². The zero-order valence-electron chi connectivity index (χ0n) is 12.2. The van der Waals surface area contributed by atoms with E-state index < -0.39 is 0 Å². The summed E-state index contributed by atoms with van der Waals surface area (Å²) in [5.41, 5.74) is 6.36. The number of rotatable bonds is 3. The van der Waals surface area contributed by atoms with Gasteiger partial charge in [-0.05, 0) is 30.5 Å². The van der Waals surface area contributed by atoms with Crippen molar-refractivity contribution in [2.75, 3.05) is 5.43 Å². The molecule has 0 aliphatic heterocycles. The molecule has 0 unspecified atom stereocenters. The van der Waals surface area contributed by atoms with Crippen molar-refractivity contribution >= 4 is 39.6 Å². The SMILES string of the molecule is Cc1nc(-c2ccsc2)sc1C(=O)Nn1cnc2ccccc21. The number of carbonyl (C=O) groups is 1. The summed E-state index contributed by atoms with van der Waals surface area (Å²) < 4.78 is 1.64. The molecule has 114 valence electrons. The van der Waals surface area contributed by atoms with Crippen LogP contribution in [-0.4, -0.2) is 20.6 Å². The first-order valence-electron chi connectivity index (χ1n) is 6.96. The number of fused-ring (bicyclic) bond motifs is 1. The summed E-state index contributed by atoms with van der Waals surface area (Å²) in [5.74, 6) is -0.176. The number of amides is 1. The molecule has 0 bridgehead atoms. The highest BCUT2D eigenvalue weighted by atomic mass is 32.1. The van der Waals surface area contributed by atoms with Gasteiger partial charge in [-0.3, -0.25) is 10.2 Å². The maximum atomic E-state index is 12.6. The Morgan fingerprint density at radius 3 is 2.96 bits per heavy atom. The van der Waals surface area contributed by atoms with Crippen molar-refractivity contribution in [1.29, 1.82) is 0 Å². The zero-order valence-corrected chi connectivity index (χ0v) is 13.8. The molecule has 3 heterocycles. The van der Waals surface area contributed by atoms with Crippen molar-refractivity contribution < 1.29 is 4.79 Å². The lowest BCUT2D eigenvalue weighted by Gasteiger charge is -2.05. The topological polar surface area (TPSA) is 59.8 Å². The Balaban J connectivity index is 1.65. The summed E-state index contributed by atoms with van der Waals surface area (Å²) in [7, 11) is 0. The monoisotopic (exact) mass is 340 g/mol. The molecule has 0 aliphatic carbocycles. The Morgan fingerprint density at radius 1 is 1.26 bits per heavy atom. The number of nitrogens with one attached hydrogen (secondary N) is 1. The lowest BCUT2D eigenvalue weighted by molar-refractivity contribution is 0.101. The largest absolute Gasteiger partial charge is 0.282 e. The Morgan fingerprint density at radius 2 is 2.13 bits per heavy atom. The minimum Gasteiger partial charge on any atom is -0.266 e. The fourth-order valence-electron chi connectivity index (χ4n) is 2.33. The van der Waals surface area contributed by atoms with Crippen LogP contribution in [0.3, 0.4) is 0 Å². The summed E-state index contributed by atoms with van der Waals surface area (Å²) in [6, 6.07) is 9.67. The average molecular weight is 340 g/mol. The van der Waals surface area contributed by atoms with Gasteiger partial charge in [-0.2, -0.15) is 11.3 Å². The molecular formula is C16H12N4OS2. The summed E-state index contributed by atoms with van der Waals surface area (Å²) in [5, 5.41) is 4.90. The molecule has 0 saturated heterocycles. The summed E-state index contributed by atoms with van der Waals surface area (Å²) in [4.78, 5) is 22.0. The molecule has 0 aliphatic rings. The number of imidazole rings is 1. The Hall–Kier alpha value is -2.51. The zero-order chi connectivity index (χ0) is 15.8. The molecule has 0 atom stereocenters. The number of aryl methyl sites for hydroxylation is 1. The first-order valence-corrected chi connectivity index (χ1v) is 8.72. The van der Waals surface area contributed by atoms with Gasteiger partial charge in [-0.25, -0.2) is 14.6 Å². The van der Waals surface area contributed by atoms with E-state index in [0.29, 0.717) is 4.88 Å². The lowest BCUT2D eigenvalue weighted by Crippen LogP contribution is -2.21. The number of hydrogen-bond donors (Lipinski definition) is 1. The van der Waals surface area contributed by atoms with E-state index in [4.69, 9.17) is 0 Å². The van der Waals surface area contributed by atoms with Crippen LogP contribution in [-0.2, 0) is 0 Å². The van der Waals surface area contributed by atoms with E-state index in [9.17, 15) is 4.79 Å². The molecule has 0 saturated carbocycles. The maximum absolute atomic E-state index is 12.6. The summed E-state index contributed by atoms with van der Waals surface area (Å²) in [6.07, 6.45) is 1.61. The van der Waals surface area contributed by atoms with Crippen LogP contribution < -0.4 is 5.43 Å².